The van der Waals surface area contributed by atoms with Crippen molar-refractivity contribution in [2.75, 3.05) is 0 Å². The van der Waals surface area contributed by atoms with E-state index in [-0.39, 0.29) is 29.7 Å². The molecule has 0 aliphatic carbocycles. The lowest BCUT2D eigenvalue weighted by Crippen LogP contribution is -2.51. The lowest BCUT2D eigenvalue weighted by molar-refractivity contribution is -0.145. The number of carbonyl (C=O) groups is 2. The topological polar surface area (TPSA) is 53.2 Å². The summed E-state index contributed by atoms with van der Waals surface area (Å²) in [4.78, 5) is 30.0. The molecule has 2 atom stereocenters. The van der Waals surface area contributed by atoms with Crippen LogP contribution in [-0.4, -0.2) is 27.6 Å². The smallest absolute Gasteiger partial charge is 0.226 e. The first kappa shape index (κ1) is 18.2. The second kappa shape index (κ2) is 7.20. The van der Waals surface area contributed by atoms with E-state index in [2.05, 4.69) is 11.1 Å². The Bertz CT molecular complexity index is 745. The SMILES string of the molecule is CC.CC(=O)C1Cc2c([nH]c3ccccc23)C(C)N1C(=O)C(C)C. The van der Waals surface area contributed by atoms with Crippen LogP contribution in [0.2, 0.25) is 0 Å². The van der Waals surface area contributed by atoms with Crippen molar-refractivity contribution in [3.05, 3.63) is 35.5 Å². The van der Waals surface area contributed by atoms with E-state index >= 15 is 0 Å². The molecule has 0 spiro atoms. The number of carbonyl (C=O) groups excluding carboxylic acids is 2. The van der Waals surface area contributed by atoms with Crippen LogP contribution >= 0.6 is 0 Å². The van der Waals surface area contributed by atoms with E-state index in [0.717, 1.165) is 16.6 Å². The van der Waals surface area contributed by atoms with Gasteiger partial charge in [0.25, 0.3) is 0 Å². The maximum atomic E-state index is 12.6. The predicted molar refractivity (Wildman–Crippen MR) is 97.9 cm³/mol. The lowest BCUT2D eigenvalue weighted by atomic mass is 9.89. The van der Waals surface area contributed by atoms with E-state index in [1.807, 2.05) is 52.8 Å². The van der Waals surface area contributed by atoms with Gasteiger partial charge in [-0.25, -0.2) is 0 Å². The van der Waals surface area contributed by atoms with E-state index in [1.165, 1.54) is 5.56 Å². The van der Waals surface area contributed by atoms with E-state index in [1.54, 1.807) is 11.8 Å². The fourth-order valence-electron chi connectivity index (χ4n) is 3.48. The molecule has 0 saturated heterocycles. The van der Waals surface area contributed by atoms with Crippen molar-refractivity contribution in [3.8, 4) is 0 Å². The van der Waals surface area contributed by atoms with Gasteiger partial charge in [0.05, 0.1) is 12.1 Å². The Morgan fingerprint density at radius 1 is 1.21 bits per heavy atom. The first-order chi connectivity index (χ1) is 11.4. The van der Waals surface area contributed by atoms with Gasteiger partial charge in [0, 0.05) is 28.9 Å². The Labute approximate surface area is 144 Å². The number of amides is 1. The number of fused-ring (bicyclic) bond motifs is 3. The molecule has 2 aromatic rings. The molecule has 0 radical (unpaired) electrons. The third kappa shape index (κ3) is 2.97. The van der Waals surface area contributed by atoms with Crippen LogP contribution in [0.5, 0.6) is 0 Å². The number of nitrogens with one attached hydrogen (secondary N) is 1. The second-order valence-electron chi connectivity index (χ2n) is 6.47. The number of ketones is 1. The summed E-state index contributed by atoms with van der Waals surface area (Å²) >= 11 is 0. The largest absolute Gasteiger partial charge is 0.356 e. The van der Waals surface area contributed by atoms with Crippen molar-refractivity contribution in [1.82, 2.24) is 9.88 Å². The molecule has 2 unspecified atom stereocenters. The van der Waals surface area contributed by atoms with Crippen molar-refractivity contribution >= 4 is 22.6 Å². The minimum atomic E-state index is -0.364. The molecule has 24 heavy (non-hydrogen) atoms. The number of aromatic amines is 1. The fraction of sp³-hybridized carbons (Fsp3) is 0.500. The molecule has 0 bridgehead atoms. The number of H-pyrrole nitrogens is 1. The molecule has 2 heterocycles. The molecular formula is C20H28N2O2. The summed E-state index contributed by atoms with van der Waals surface area (Å²) in [5.74, 6) is -0.0241. The Balaban J connectivity index is 0.00000100. The first-order valence-electron chi connectivity index (χ1n) is 8.84. The highest BCUT2D eigenvalue weighted by molar-refractivity contribution is 5.92. The summed E-state index contributed by atoms with van der Waals surface area (Å²) in [6, 6.07) is 7.65. The van der Waals surface area contributed by atoms with Gasteiger partial charge in [-0.15, -0.1) is 0 Å². The van der Waals surface area contributed by atoms with Crippen LogP contribution in [0.4, 0.5) is 0 Å². The van der Waals surface area contributed by atoms with Gasteiger partial charge in [-0.3, -0.25) is 9.59 Å². The average molecular weight is 328 g/mol. The number of Topliss-reactive ketones (excluding diaryl/α,β-unsaturated/α-hetero) is 1. The van der Waals surface area contributed by atoms with Gasteiger partial charge < -0.3 is 9.88 Å². The molecular weight excluding hydrogens is 300 g/mol. The molecule has 1 aliphatic rings. The quantitative estimate of drug-likeness (QED) is 0.896. The highest BCUT2D eigenvalue weighted by Crippen LogP contribution is 2.37. The maximum absolute atomic E-state index is 12.6. The number of aromatic nitrogens is 1. The van der Waals surface area contributed by atoms with Crippen LogP contribution in [0, 0.1) is 5.92 Å². The van der Waals surface area contributed by atoms with E-state index in [9.17, 15) is 9.59 Å². The van der Waals surface area contributed by atoms with Crippen molar-refractivity contribution in [1.29, 1.82) is 0 Å². The summed E-state index contributed by atoms with van der Waals surface area (Å²) < 4.78 is 0. The number of hydrogen-bond acceptors (Lipinski definition) is 2. The van der Waals surface area contributed by atoms with Crippen molar-refractivity contribution in [2.45, 2.75) is 60.0 Å². The Kier molecular flexibility index (Phi) is 5.47. The van der Waals surface area contributed by atoms with Gasteiger partial charge >= 0.3 is 0 Å². The van der Waals surface area contributed by atoms with E-state index < -0.39 is 0 Å². The van der Waals surface area contributed by atoms with Gasteiger partial charge in [0.1, 0.15) is 0 Å². The molecule has 1 aromatic heterocycles. The summed E-state index contributed by atoms with van der Waals surface area (Å²) in [5, 5.41) is 1.16. The number of rotatable bonds is 2. The number of nitrogens with zero attached hydrogens (tertiary/aromatic N) is 1. The van der Waals surface area contributed by atoms with Crippen LogP contribution < -0.4 is 0 Å². The third-order valence-electron chi connectivity index (χ3n) is 4.63. The van der Waals surface area contributed by atoms with Crippen molar-refractivity contribution in [2.24, 2.45) is 5.92 Å². The van der Waals surface area contributed by atoms with Crippen LogP contribution in [0.1, 0.15) is 58.8 Å². The monoisotopic (exact) mass is 328 g/mol. The molecule has 1 amide bonds. The zero-order chi connectivity index (χ0) is 18.0. The number of para-hydroxylation sites is 1. The van der Waals surface area contributed by atoms with Crippen LogP contribution in [0.3, 0.4) is 0 Å². The molecule has 1 aliphatic heterocycles. The van der Waals surface area contributed by atoms with Crippen molar-refractivity contribution < 1.29 is 9.59 Å². The zero-order valence-electron chi connectivity index (χ0n) is 15.5. The van der Waals surface area contributed by atoms with E-state index in [0.29, 0.717) is 6.42 Å². The minimum Gasteiger partial charge on any atom is -0.356 e. The van der Waals surface area contributed by atoms with Crippen LogP contribution in [-0.2, 0) is 16.0 Å². The maximum Gasteiger partial charge on any atom is 0.226 e. The summed E-state index contributed by atoms with van der Waals surface area (Å²) in [6.07, 6.45) is 0.595. The molecule has 4 nitrogen and oxygen atoms in total. The van der Waals surface area contributed by atoms with E-state index in [4.69, 9.17) is 0 Å². The Morgan fingerprint density at radius 2 is 1.83 bits per heavy atom. The Hall–Kier alpha value is -2.10. The zero-order valence-corrected chi connectivity index (χ0v) is 15.5. The highest BCUT2D eigenvalue weighted by Gasteiger charge is 2.39. The van der Waals surface area contributed by atoms with Gasteiger partial charge in [0.15, 0.2) is 5.78 Å². The normalized spacial score (nSPS) is 19.7. The summed E-state index contributed by atoms with van der Waals surface area (Å²) in [5.41, 5.74) is 3.31. The number of benzene rings is 1. The minimum absolute atomic E-state index is 0.0389. The molecule has 130 valence electrons. The first-order valence-corrected chi connectivity index (χ1v) is 8.84. The molecule has 3 rings (SSSR count). The molecule has 4 heteroatoms. The van der Waals surface area contributed by atoms with Gasteiger partial charge in [-0.2, -0.15) is 0 Å². The fourth-order valence-corrected chi connectivity index (χ4v) is 3.48. The summed E-state index contributed by atoms with van der Waals surface area (Å²) in [7, 11) is 0. The van der Waals surface area contributed by atoms with Gasteiger partial charge in [-0.1, -0.05) is 45.9 Å². The molecule has 1 aromatic carbocycles. The summed E-state index contributed by atoms with van der Waals surface area (Å²) in [6.45, 7) is 11.3. The van der Waals surface area contributed by atoms with Gasteiger partial charge in [-0.05, 0) is 25.5 Å². The third-order valence-corrected chi connectivity index (χ3v) is 4.63. The predicted octanol–water partition coefficient (Wildman–Crippen LogP) is 4.25. The molecule has 0 saturated carbocycles. The molecule has 1 N–H and O–H groups in total. The second-order valence-corrected chi connectivity index (χ2v) is 6.47. The Morgan fingerprint density at radius 3 is 2.42 bits per heavy atom. The van der Waals surface area contributed by atoms with Gasteiger partial charge in [0.2, 0.25) is 5.91 Å². The van der Waals surface area contributed by atoms with Crippen LogP contribution in [0.25, 0.3) is 10.9 Å². The average Bonchev–Trinajstić information content (AvgIpc) is 2.95. The highest BCUT2D eigenvalue weighted by atomic mass is 16.2. The lowest BCUT2D eigenvalue weighted by Gasteiger charge is -2.40. The number of hydrogen-bond donors (Lipinski definition) is 1. The van der Waals surface area contributed by atoms with Crippen LogP contribution in [0.15, 0.2) is 24.3 Å². The standard InChI is InChI=1S/C18H22N2O2.C2H6/c1-10(2)18(22)20-11(3)17-14(9-16(20)12(4)21)13-7-5-6-8-15(13)19-17;1-2/h5-8,10-11,16,19H,9H2,1-4H3;1-2H3. The molecule has 0 fully saturated rings. The van der Waals surface area contributed by atoms with Crippen molar-refractivity contribution in [3.63, 3.8) is 0 Å².